The number of rotatable bonds is 9. The van der Waals surface area contributed by atoms with Crippen LogP contribution in [0.15, 0.2) is 0 Å². The number of carboxylic acid groups (broad SMARTS) is 1. The van der Waals surface area contributed by atoms with Crippen LogP contribution in [0, 0.1) is 0 Å². The lowest BCUT2D eigenvalue weighted by Gasteiger charge is -2.21. The van der Waals surface area contributed by atoms with Crippen molar-refractivity contribution in [1.29, 1.82) is 0 Å². The lowest BCUT2D eigenvalue weighted by atomic mass is 10.2. The third kappa shape index (κ3) is 7.34. The van der Waals surface area contributed by atoms with Crippen LogP contribution in [0.3, 0.4) is 0 Å². The van der Waals surface area contributed by atoms with Gasteiger partial charge in [0.25, 0.3) is 0 Å². The Morgan fingerprint density at radius 2 is 2.00 bits per heavy atom. The van der Waals surface area contributed by atoms with Gasteiger partial charge in [-0.25, -0.2) is 0 Å². The Balaban J connectivity index is 1.89. The molecule has 4 heteroatoms. The van der Waals surface area contributed by atoms with Crippen molar-refractivity contribution in [2.75, 3.05) is 26.2 Å². The highest BCUT2D eigenvalue weighted by atomic mass is 16.4. The molecule has 1 rings (SSSR count). The van der Waals surface area contributed by atoms with Crippen LogP contribution in [0.1, 0.15) is 45.4 Å². The van der Waals surface area contributed by atoms with Crippen molar-refractivity contribution >= 4 is 5.97 Å². The summed E-state index contributed by atoms with van der Waals surface area (Å²) in [7, 11) is 0. The molecule has 100 valence electrons. The third-order valence-electron chi connectivity index (χ3n) is 3.29. The average Bonchev–Trinajstić information content (AvgIpc) is 2.75. The number of carboxylic acids is 1. The maximum absolute atomic E-state index is 10.3. The van der Waals surface area contributed by atoms with Crippen LogP contribution >= 0.6 is 0 Å². The van der Waals surface area contributed by atoms with Crippen molar-refractivity contribution in [3.63, 3.8) is 0 Å². The van der Waals surface area contributed by atoms with Crippen molar-refractivity contribution < 1.29 is 9.90 Å². The molecular formula is C13H26N2O2. The first-order valence-electron chi connectivity index (χ1n) is 6.86. The van der Waals surface area contributed by atoms with E-state index in [0.29, 0.717) is 12.5 Å². The summed E-state index contributed by atoms with van der Waals surface area (Å²) in [6.45, 7) is 6.90. The molecule has 0 radical (unpaired) electrons. The molecule has 1 heterocycles. The summed E-state index contributed by atoms with van der Waals surface area (Å²) >= 11 is 0. The van der Waals surface area contributed by atoms with Gasteiger partial charge in [0.15, 0.2) is 0 Å². The van der Waals surface area contributed by atoms with E-state index in [1.54, 1.807) is 0 Å². The number of likely N-dealkylation sites (tertiary alicyclic amines) is 1. The largest absolute Gasteiger partial charge is 0.481 e. The van der Waals surface area contributed by atoms with E-state index in [1.165, 1.54) is 25.9 Å². The first-order valence-corrected chi connectivity index (χ1v) is 6.86. The highest BCUT2D eigenvalue weighted by Gasteiger charge is 2.13. The molecule has 0 aliphatic carbocycles. The maximum Gasteiger partial charge on any atom is 0.303 e. The molecule has 4 nitrogen and oxygen atoms in total. The molecule has 1 saturated heterocycles. The number of hydrogen-bond acceptors (Lipinski definition) is 3. The normalized spacial score (nSPS) is 18.4. The van der Waals surface area contributed by atoms with E-state index in [2.05, 4.69) is 17.1 Å². The van der Waals surface area contributed by atoms with Gasteiger partial charge in [-0.15, -0.1) is 0 Å². The molecular weight excluding hydrogens is 216 g/mol. The molecule has 1 fully saturated rings. The van der Waals surface area contributed by atoms with E-state index >= 15 is 0 Å². The van der Waals surface area contributed by atoms with Crippen molar-refractivity contribution in [3.05, 3.63) is 0 Å². The second-order valence-corrected chi connectivity index (χ2v) is 5.07. The molecule has 0 saturated carbocycles. The molecule has 1 atom stereocenters. The average molecular weight is 242 g/mol. The molecule has 0 aromatic rings. The van der Waals surface area contributed by atoms with Gasteiger partial charge in [0.05, 0.1) is 0 Å². The van der Waals surface area contributed by atoms with Crippen LogP contribution in [-0.2, 0) is 4.79 Å². The van der Waals surface area contributed by atoms with Crippen LogP contribution in [-0.4, -0.2) is 48.2 Å². The number of nitrogens with one attached hydrogen (secondary N) is 1. The fourth-order valence-corrected chi connectivity index (χ4v) is 2.34. The molecule has 17 heavy (non-hydrogen) atoms. The zero-order valence-corrected chi connectivity index (χ0v) is 11.0. The topological polar surface area (TPSA) is 52.6 Å². The van der Waals surface area contributed by atoms with Gasteiger partial charge in [0.1, 0.15) is 0 Å². The van der Waals surface area contributed by atoms with E-state index in [-0.39, 0.29) is 0 Å². The monoisotopic (exact) mass is 242 g/mol. The molecule has 0 aromatic carbocycles. The van der Waals surface area contributed by atoms with Crippen LogP contribution in [0.4, 0.5) is 0 Å². The summed E-state index contributed by atoms with van der Waals surface area (Å²) in [5.74, 6) is -0.680. The second-order valence-electron chi connectivity index (χ2n) is 5.07. The minimum absolute atomic E-state index is 0.309. The van der Waals surface area contributed by atoms with E-state index < -0.39 is 5.97 Å². The van der Waals surface area contributed by atoms with Gasteiger partial charge in [-0.2, -0.15) is 0 Å². The van der Waals surface area contributed by atoms with E-state index in [0.717, 1.165) is 32.4 Å². The molecule has 0 aromatic heterocycles. The Hall–Kier alpha value is -0.610. The Bertz CT molecular complexity index is 215. The molecule has 1 aliphatic heterocycles. The lowest BCUT2D eigenvalue weighted by molar-refractivity contribution is -0.137. The van der Waals surface area contributed by atoms with Gasteiger partial charge in [0, 0.05) is 19.0 Å². The number of carbonyl (C=O) groups is 1. The van der Waals surface area contributed by atoms with Crippen LogP contribution in [0.2, 0.25) is 0 Å². The van der Waals surface area contributed by atoms with Gasteiger partial charge >= 0.3 is 5.97 Å². The van der Waals surface area contributed by atoms with E-state index in [4.69, 9.17) is 5.11 Å². The Labute approximate surface area is 104 Å². The summed E-state index contributed by atoms with van der Waals surface area (Å²) in [4.78, 5) is 12.8. The predicted molar refractivity (Wildman–Crippen MR) is 69.2 cm³/mol. The molecule has 2 N–H and O–H groups in total. The fourth-order valence-electron chi connectivity index (χ4n) is 2.34. The first kappa shape index (κ1) is 14.5. The third-order valence-corrected chi connectivity index (χ3v) is 3.29. The fraction of sp³-hybridized carbons (Fsp3) is 0.923. The van der Waals surface area contributed by atoms with Gasteiger partial charge in [-0.05, 0) is 52.2 Å². The van der Waals surface area contributed by atoms with Crippen LogP contribution in [0.5, 0.6) is 0 Å². The maximum atomic E-state index is 10.3. The van der Waals surface area contributed by atoms with Gasteiger partial charge < -0.3 is 15.3 Å². The SMILES string of the molecule is CC(CN1CCCC1)NCCCCCC(=O)O. The van der Waals surface area contributed by atoms with Crippen molar-refractivity contribution in [1.82, 2.24) is 10.2 Å². The summed E-state index contributed by atoms with van der Waals surface area (Å²) in [5, 5.41) is 12.0. The molecule has 1 unspecified atom stereocenters. The van der Waals surface area contributed by atoms with Gasteiger partial charge in [-0.1, -0.05) is 6.42 Å². The molecule has 0 bridgehead atoms. The van der Waals surface area contributed by atoms with Crippen molar-refractivity contribution in [2.45, 2.75) is 51.5 Å². The zero-order chi connectivity index (χ0) is 12.5. The summed E-state index contributed by atoms with van der Waals surface area (Å²) in [6, 6.07) is 0.549. The standard InChI is InChI=1S/C13H26N2O2/c1-12(11-15-9-5-6-10-15)14-8-4-2-3-7-13(16)17/h12,14H,2-11H2,1H3,(H,16,17). The van der Waals surface area contributed by atoms with Crippen molar-refractivity contribution in [2.24, 2.45) is 0 Å². The smallest absolute Gasteiger partial charge is 0.303 e. The van der Waals surface area contributed by atoms with Gasteiger partial charge in [-0.3, -0.25) is 4.79 Å². The number of hydrogen-bond donors (Lipinski definition) is 2. The number of unbranched alkanes of at least 4 members (excludes halogenated alkanes) is 2. The minimum atomic E-state index is -0.680. The highest BCUT2D eigenvalue weighted by molar-refractivity contribution is 5.66. The van der Waals surface area contributed by atoms with Crippen LogP contribution < -0.4 is 5.32 Å². The van der Waals surface area contributed by atoms with E-state index in [1.807, 2.05) is 0 Å². The first-order chi connectivity index (χ1) is 8.18. The summed E-state index contributed by atoms with van der Waals surface area (Å²) < 4.78 is 0. The number of nitrogens with zero attached hydrogens (tertiary/aromatic N) is 1. The highest BCUT2D eigenvalue weighted by Crippen LogP contribution is 2.07. The molecule has 1 aliphatic rings. The summed E-state index contributed by atoms with van der Waals surface area (Å²) in [5.41, 5.74) is 0. The lowest BCUT2D eigenvalue weighted by Crippen LogP contribution is -2.38. The van der Waals surface area contributed by atoms with Gasteiger partial charge in [0.2, 0.25) is 0 Å². The molecule has 0 amide bonds. The van der Waals surface area contributed by atoms with E-state index in [9.17, 15) is 4.79 Å². The second kappa shape index (κ2) is 8.48. The van der Waals surface area contributed by atoms with Crippen LogP contribution in [0.25, 0.3) is 0 Å². The Morgan fingerprint density at radius 1 is 1.29 bits per heavy atom. The van der Waals surface area contributed by atoms with Crippen molar-refractivity contribution in [3.8, 4) is 0 Å². The Kier molecular flexibility index (Phi) is 7.21. The quantitative estimate of drug-likeness (QED) is 0.604. The minimum Gasteiger partial charge on any atom is -0.481 e. The predicted octanol–water partition coefficient (Wildman–Crippen LogP) is 1.71. The zero-order valence-electron chi connectivity index (χ0n) is 11.0. The molecule has 0 spiro atoms. The Morgan fingerprint density at radius 3 is 2.65 bits per heavy atom. The summed E-state index contributed by atoms with van der Waals surface area (Å²) in [6.07, 6.45) is 5.90. The number of aliphatic carboxylic acids is 1.